The van der Waals surface area contributed by atoms with Gasteiger partial charge in [-0.2, -0.15) is 5.10 Å². The van der Waals surface area contributed by atoms with Gasteiger partial charge in [-0.25, -0.2) is 0 Å². The van der Waals surface area contributed by atoms with E-state index in [2.05, 4.69) is 28.3 Å². The number of aryl methyl sites for hydroxylation is 1. The molecule has 0 spiro atoms. The minimum atomic E-state index is 0. The lowest BCUT2D eigenvalue weighted by molar-refractivity contribution is -0.121. The minimum Gasteiger partial charge on any atom is -0.354 e. The maximum atomic E-state index is 11.6. The van der Waals surface area contributed by atoms with E-state index in [0.29, 0.717) is 19.0 Å². The number of nitrogens with zero attached hydrogens (tertiary/aromatic N) is 3. The molecule has 22 heavy (non-hydrogen) atoms. The monoisotopic (exact) mass is 329 g/mol. The molecule has 6 nitrogen and oxygen atoms in total. The molecule has 1 amide bonds. The summed E-state index contributed by atoms with van der Waals surface area (Å²) in [4.78, 5) is 14.1. The van der Waals surface area contributed by atoms with Gasteiger partial charge in [-0.1, -0.05) is 6.42 Å². The van der Waals surface area contributed by atoms with Gasteiger partial charge in [-0.3, -0.25) is 14.4 Å². The van der Waals surface area contributed by atoms with Crippen molar-refractivity contribution in [3.63, 3.8) is 0 Å². The Morgan fingerprint density at radius 1 is 1.50 bits per heavy atom. The quantitative estimate of drug-likeness (QED) is 0.786. The molecule has 1 saturated heterocycles. The molecule has 0 bridgehead atoms. The van der Waals surface area contributed by atoms with Gasteiger partial charge < -0.3 is 11.1 Å². The molecule has 2 rings (SSSR count). The molecule has 1 aromatic rings. The Labute approximate surface area is 138 Å². The maximum absolute atomic E-state index is 11.6. The highest BCUT2D eigenvalue weighted by Crippen LogP contribution is 2.19. The van der Waals surface area contributed by atoms with E-state index in [9.17, 15) is 4.79 Å². The molecule has 0 radical (unpaired) electrons. The van der Waals surface area contributed by atoms with E-state index in [-0.39, 0.29) is 18.3 Å². The van der Waals surface area contributed by atoms with Crippen LogP contribution in [-0.4, -0.2) is 46.3 Å². The van der Waals surface area contributed by atoms with Gasteiger partial charge in [-0.05, 0) is 32.4 Å². The first-order chi connectivity index (χ1) is 10.2. The summed E-state index contributed by atoms with van der Waals surface area (Å²) in [5.74, 6) is 0.0571. The van der Waals surface area contributed by atoms with Crippen LogP contribution in [0.2, 0.25) is 0 Å². The highest BCUT2D eigenvalue weighted by molar-refractivity contribution is 5.85. The van der Waals surface area contributed by atoms with Crippen molar-refractivity contribution >= 4 is 18.3 Å². The molecule has 126 valence electrons. The van der Waals surface area contributed by atoms with Gasteiger partial charge in [0.1, 0.15) is 0 Å². The van der Waals surface area contributed by atoms with E-state index in [1.165, 1.54) is 18.5 Å². The van der Waals surface area contributed by atoms with E-state index >= 15 is 0 Å². The molecule has 1 unspecified atom stereocenters. The molecule has 3 N–H and O–H groups in total. The lowest BCUT2D eigenvalue weighted by atomic mass is 10.0. The minimum absolute atomic E-state index is 0. The molecule has 1 aromatic heterocycles. The summed E-state index contributed by atoms with van der Waals surface area (Å²) in [6.07, 6.45) is 5.88. The fourth-order valence-electron chi connectivity index (χ4n) is 2.94. The van der Waals surface area contributed by atoms with E-state index in [0.717, 1.165) is 32.6 Å². The average molecular weight is 330 g/mol. The van der Waals surface area contributed by atoms with Crippen LogP contribution in [0.4, 0.5) is 0 Å². The summed E-state index contributed by atoms with van der Waals surface area (Å²) in [6.45, 7) is 6.14. The Balaban J connectivity index is 0.00000242. The highest BCUT2D eigenvalue weighted by Gasteiger charge is 2.23. The molecule has 1 fully saturated rings. The van der Waals surface area contributed by atoms with Crippen LogP contribution >= 0.6 is 12.4 Å². The van der Waals surface area contributed by atoms with Crippen LogP contribution < -0.4 is 11.1 Å². The molecule has 1 atom stereocenters. The number of nitrogens with two attached hydrogens (primary N) is 1. The summed E-state index contributed by atoms with van der Waals surface area (Å²) in [5, 5.41) is 7.34. The second kappa shape index (κ2) is 9.82. The fraction of sp³-hybridized carbons (Fsp3) is 0.733. The van der Waals surface area contributed by atoms with Crippen LogP contribution in [0.25, 0.3) is 0 Å². The standard InChI is InChI=1S/C15H27N5O.ClH/c1-2-20-14(7-9-18-20)12-19-10-4-3-5-13(19)11-17-15(21)6-8-16;/h7,9,13H,2-6,8,10-12,16H2,1H3,(H,17,21);1H. The van der Waals surface area contributed by atoms with Crippen molar-refractivity contribution in [2.45, 2.75) is 51.7 Å². The van der Waals surface area contributed by atoms with Crippen molar-refractivity contribution in [1.82, 2.24) is 20.0 Å². The third kappa shape index (κ3) is 5.26. The van der Waals surface area contributed by atoms with Crippen molar-refractivity contribution < 1.29 is 4.79 Å². The second-order valence-electron chi connectivity index (χ2n) is 5.60. The van der Waals surface area contributed by atoms with Gasteiger partial charge >= 0.3 is 0 Å². The predicted octanol–water partition coefficient (Wildman–Crippen LogP) is 1.14. The van der Waals surface area contributed by atoms with Crippen LogP contribution in [0.1, 0.15) is 38.3 Å². The van der Waals surface area contributed by atoms with Crippen molar-refractivity contribution in [3.05, 3.63) is 18.0 Å². The number of carbonyl (C=O) groups excluding carboxylic acids is 1. The van der Waals surface area contributed by atoms with Gasteiger partial charge in [0.2, 0.25) is 5.91 Å². The molecule has 0 aliphatic carbocycles. The van der Waals surface area contributed by atoms with Gasteiger partial charge in [0, 0.05) is 44.8 Å². The zero-order valence-electron chi connectivity index (χ0n) is 13.3. The van der Waals surface area contributed by atoms with Crippen LogP contribution in [-0.2, 0) is 17.9 Å². The fourth-order valence-corrected chi connectivity index (χ4v) is 2.94. The zero-order chi connectivity index (χ0) is 15.1. The molecule has 2 heterocycles. The number of carbonyl (C=O) groups is 1. The smallest absolute Gasteiger partial charge is 0.221 e. The molecule has 1 aliphatic rings. The molecule has 1 aliphatic heterocycles. The van der Waals surface area contributed by atoms with Crippen LogP contribution in [0.3, 0.4) is 0 Å². The van der Waals surface area contributed by atoms with Crippen molar-refractivity contribution in [2.24, 2.45) is 5.73 Å². The number of piperidine rings is 1. The number of nitrogens with one attached hydrogen (secondary N) is 1. The van der Waals surface area contributed by atoms with Gasteiger partial charge in [0.25, 0.3) is 0 Å². The Morgan fingerprint density at radius 3 is 3.05 bits per heavy atom. The first-order valence-electron chi connectivity index (χ1n) is 7.96. The average Bonchev–Trinajstić information content (AvgIpc) is 2.94. The van der Waals surface area contributed by atoms with Crippen molar-refractivity contribution in [3.8, 4) is 0 Å². The first kappa shape index (κ1) is 18.9. The topological polar surface area (TPSA) is 76.2 Å². The molecule has 7 heteroatoms. The summed E-state index contributed by atoms with van der Waals surface area (Å²) in [5.41, 5.74) is 6.65. The number of likely N-dealkylation sites (tertiary alicyclic amines) is 1. The number of amides is 1. The van der Waals surface area contributed by atoms with Gasteiger partial charge in [0.05, 0.1) is 5.69 Å². The summed E-state index contributed by atoms with van der Waals surface area (Å²) < 4.78 is 2.04. The number of hydrogen-bond donors (Lipinski definition) is 2. The Hall–Kier alpha value is -1.11. The molecular weight excluding hydrogens is 302 g/mol. The maximum Gasteiger partial charge on any atom is 0.221 e. The number of hydrogen-bond acceptors (Lipinski definition) is 4. The van der Waals surface area contributed by atoms with E-state index < -0.39 is 0 Å². The van der Waals surface area contributed by atoms with Crippen molar-refractivity contribution in [1.29, 1.82) is 0 Å². The Bertz CT molecular complexity index is 451. The normalized spacial score (nSPS) is 18.7. The zero-order valence-corrected chi connectivity index (χ0v) is 14.1. The number of rotatable bonds is 7. The van der Waals surface area contributed by atoms with Crippen molar-refractivity contribution in [2.75, 3.05) is 19.6 Å². The highest BCUT2D eigenvalue weighted by atomic mass is 35.5. The number of aromatic nitrogens is 2. The Morgan fingerprint density at radius 2 is 2.32 bits per heavy atom. The second-order valence-corrected chi connectivity index (χ2v) is 5.60. The third-order valence-electron chi connectivity index (χ3n) is 4.12. The van der Waals surface area contributed by atoms with Crippen LogP contribution in [0, 0.1) is 0 Å². The van der Waals surface area contributed by atoms with Gasteiger partial charge in [-0.15, -0.1) is 12.4 Å². The van der Waals surface area contributed by atoms with Crippen LogP contribution in [0.15, 0.2) is 12.3 Å². The summed E-state index contributed by atoms with van der Waals surface area (Å²) >= 11 is 0. The molecule has 0 saturated carbocycles. The third-order valence-corrected chi connectivity index (χ3v) is 4.12. The van der Waals surface area contributed by atoms with E-state index in [1.54, 1.807) is 0 Å². The SMILES string of the molecule is CCn1nccc1CN1CCCCC1CNC(=O)CCN.Cl. The van der Waals surface area contributed by atoms with Crippen LogP contribution in [0.5, 0.6) is 0 Å². The largest absolute Gasteiger partial charge is 0.354 e. The van der Waals surface area contributed by atoms with E-state index in [4.69, 9.17) is 5.73 Å². The molecular formula is C15H28ClN5O. The first-order valence-corrected chi connectivity index (χ1v) is 7.96. The summed E-state index contributed by atoms with van der Waals surface area (Å²) in [6, 6.07) is 2.50. The van der Waals surface area contributed by atoms with Gasteiger partial charge in [0.15, 0.2) is 0 Å². The predicted molar refractivity (Wildman–Crippen MR) is 89.9 cm³/mol. The Kier molecular flexibility index (Phi) is 8.45. The summed E-state index contributed by atoms with van der Waals surface area (Å²) in [7, 11) is 0. The molecule has 0 aromatic carbocycles. The lowest BCUT2D eigenvalue weighted by Crippen LogP contribution is -2.46. The lowest BCUT2D eigenvalue weighted by Gasteiger charge is -2.35. The number of halogens is 1. The van der Waals surface area contributed by atoms with E-state index in [1.807, 2.05) is 10.9 Å².